The van der Waals surface area contributed by atoms with Crippen molar-refractivity contribution in [3.05, 3.63) is 29.8 Å². The standard InChI is InChI=1S/C14H15N3O2S/c1-9-5-3-4-6-10(9)12-15-16-14(17(12)2)20-11-7-8-19-13(11)18/h3-6,11H,7-8H2,1-2H3/t11-/m0/s1. The minimum absolute atomic E-state index is 0.157. The fourth-order valence-electron chi connectivity index (χ4n) is 2.19. The van der Waals surface area contributed by atoms with Crippen molar-refractivity contribution in [1.29, 1.82) is 0 Å². The fourth-order valence-corrected chi connectivity index (χ4v) is 3.15. The third-order valence-electron chi connectivity index (χ3n) is 3.36. The quantitative estimate of drug-likeness (QED) is 0.811. The molecule has 20 heavy (non-hydrogen) atoms. The maximum absolute atomic E-state index is 11.5. The second kappa shape index (κ2) is 5.28. The van der Waals surface area contributed by atoms with Gasteiger partial charge in [0.25, 0.3) is 0 Å². The zero-order valence-electron chi connectivity index (χ0n) is 11.4. The van der Waals surface area contributed by atoms with Crippen LogP contribution in [-0.4, -0.2) is 32.6 Å². The Morgan fingerprint density at radius 3 is 2.85 bits per heavy atom. The van der Waals surface area contributed by atoms with Gasteiger partial charge in [0.1, 0.15) is 5.25 Å². The lowest BCUT2D eigenvalue weighted by Crippen LogP contribution is -2.10. The minimum Gasteiger partial charge on any atom is -0.465 e. The number of nitrogens with zero attached hydrogens (tertiary/aromatic N) is 3. The average molecular weight is 289 g/mol. The van der Waals surface area contributed by atoms with E-state index >= 15 is 0 Å². The van der Waals surface area contributed by atoms with E-state index in [1.165, 1.54) is 11.8 Å². The van der Waals surface area contributed by atoms with E-state index in [9.17, 15) is 4.79 Å². The summed E-state index contributed by atoms with van der Waals surface area (Å²) in [5.41, 5.74) is 2.21. The average Bonchev–Trinajstić information content (AvgIpc) is 2.99. The largest absolute Gasteiger partial charge is 0.465 e. The maximum atomic E-state index is 11.5. The van der Waals surface area contributed by atoms with Gasteiger partial charge in [-0.05, 0) is 12.5 Å². The first kappa shape index (κ1) is 13.2. The molecule has 0 bridgehead atoms. The molecule has 0 aliphatic carbocycles. The van der Waals surface area contributed by atoms with E-state index in [-0.39, 0.29) is 11.2 Å². The Bertz CT molecular complexity index is 654. The fraction of sp³-hybridized carbons (Fsp3) is 0.357. The molecule has 0 saturated carbocycles. The van der Waals surface area contributed by atoms with E-state index in [0.717, 1.165) is 28.5 Å². The second-order valence-electron chi connectivity index (χ2n) is 4.74. The number of benzene rings is 1. The Kier molecular flexibility index (Phi) is 3.48. The molecular formula is C14H15N3O2S. The van der Waals surface area contributed by atoms with Crippen molar-refractivity contribution < 1.29 is 9.53 Å². The molecule has 0 N–H and O–H groups in total. The number of aryl methyl sites for hydroxylation is 1. The van der Waals surface area contributed by atoms with Gasteiger partial charge in [-0.15, -0.1) is 10.2 Å². The normalized spacial score (nSPS) is 18.3. The van der Waals surface area contributed by atoms with Crippen molar-refractivity contribution >= 4 is 17.7 Å². The first-order valence-electron chi connectivity index (χ1n) is 6.45. The SMILES string of the molecule is Cc1ccccc1-c1nnc(S[C@H]2CCOC2=O)n1C. The third-order valence-corrected chi connectivity index (χ3v) is 4.63. The Morgan fingerprint density at radius 1 is 1.35 bits per heavy atom. The molecule has 104 valence electrons. The molecule has 1 aromatic heterocycles. The number of ether oxygens (including phenoxy) is 1. The molecule has 3 rings (SSSR count). The molecule has 5 nitrogen and oxygen atoms in total. The third kappa shape index (κ3) is 2.31. The number of hydrogen-bond donors (Lipinski definition) is 0. The number of rotatable bonds is 3. The summed E-state index contributed by atoms with van der Waals surface area (Å²) in [7, 11) is 1.92. The predicted octanol–water partition coefficient (Wildman–Crippen LogP) is 2.20. The van der Waals surface area contributed by atoms with Crippen LogP contribution >= 0.6 is 11.8 Å². The van der Waals surface area contributed by atoms with Crippen molar-refractivity contribution in [3.63, 3.8) is 0 Å². The van der Waals surface area contributed by atoms with E-state index in [1.54, 1.807) is 0 Å². The summed E-state index contributed by atoms with van der Waals surface area (Å²) in [6.45, 7) is 2.55. The first-order chi connectivity index (χ1) is 9.66. The first-order valence-corrected chi connectivity index (χ1v) is 7.33. The van der Waals surface area contributed by atoms with Crippen LogP contribution in [0, 0.1) is 6.92 Å². The molecule has 1 saturated heterocycles. The lowest BCUT2D eigenvalue weighted by Gasteiger charge is -2.07. The van der Waals surface area contributed by atoms with Crippen LogP contribution in [0.3, 0.4) is 0 Å². The molecule has 1 aromatic carbocycles. The van der Waals surface area contributed by atoms with E-state index in [4.69, 9.17) is 4.74 Å². The molecule has 0 amide bonds. The lowest BCUT2D eigenvalue weighted by molar-refractivity contribution is -0.137. The number of esters is 1. The van der Waals surface area contributed by atoms with Gasteiger partial charge in [-0.25, -0.2) is 0 Å². The number of aromatic nitrogens is 3. The number of hydrogen-bond acceptors (Lipinski definition) is 5. The van der Waals surface area contributed by atoms with Crippen molar-refractivity contribution in [2.45, 2.75) is 23.8 Å². The molecule has 2 heterocycles. The molecule has 0 radical (unpaired) electrons. The van der Waals surface area contributed by atoms with E-state index < -0.39 is 0 Å². The predicted molar refractivity (Wildman–Crippen MR) is 76.4 cm³/mol. The molecule has 1 aliphatic heterocycles. The van der Waals surface area contributed by atoms with Gasteiger partial charge in [0.15, 0.2) is 11.0 Å². The molecule has 6 heteroatoms. The highest BCUT2D eigenvalue weighted by molar-refractivity contribution is 8.00. The van der Waals surface area contributed by atoms with Crippen LogP contribution < -0.4 is 0 Å². The summed E-state index contributed by atoms with van der Waals surface area (Å²) < 4.78 is 6.90. The van der Waals surface area contributed by atoms with Crippen molar-refractivity contribution in [2.24, 2.45) is 7.05 Å². The summed E-state index contributed by atoms with van der Waals surface area (Å²) >= 11 is 1.42. The highest BCUT2D eigenvalue weighted by atomic mass is 32.2. The van der Waals surface area contributed by atoms with Crippen LogP contribution in [0.5, 0.6) is 0 Å². The van der Waals surface area contributed by atoms with Crippen molar-refractivity contribution in [1.82, 2.24) is 14.8 Å². The molecule has 1 atom stereocenters. The van der Waals surface area contributed by atoms with Gasteiger partial charge in [0, 0.05) is 19.0 Å². The zero-order chi connectivity index (χ0) is 14.1. The Balaban J connectivity index is 1.89. The minimum atomic E-state index is -0.164. The smallest absolute Gasteiger partial charge is 0.319 e. The molecule has 0 spiro atoms. The summed E-state index contributed by atoms with van der Waals surface area (Å²) in [5, 5.41) is 9.03. The van der Waals surface area contributed by atoms with Gasteiger partial charge < -0.3 is 9.30 Å². The highest BCUT2D eigenvalue weighted by Crippen LogP contribution is 2.30. The summed E-state index contributed by atoms with van der Waals surface area (Å²) in [6, 6.07) is 8.06. The summed E-state index contributed by atoms with van der Waals surface area (Å²) in [4.78, 5) is 11.5. The Hall–Kier alpha value is -1.82. The van der Waals surface area contributed by atoms with Crippen LogP contribution in [-0.2, 0) is 16.6 Å². The zero-order valence-corrected chi connectivity index (χ0v) is 12.2. The number of cyclic esters (lactones) is 1. The van der Waals surface area contributed by atoms with Crippen LogP contribution in [0.1, 0.15) is 12.0 Å². The van der Waals surface area contributed by atoms with Gasteiger partial charge in [0.2, 0.25) is 0 Å². The number of carbonyl (C=O) groups excluding carboxylic acids is 1. The van der Waals surface area contributed by atoms with Gasteiger partial charge in [-0.3, -0.25) is 4.79 Å². The Labute approximate surface area is 121 Å². The van der Waals surface area contributed by atoms with Crippen LogP contribution in [0.25, 0.3) is 11.4 Å². The van der Waals surface area contributed by atoms with Gasteiger partial charge in [0.05, 0.1) is 6.61 Å². The van der Waals surface area contributed by atoms with Crippen LogP contribution in [0.4, 0.5) is 0 Å². The van der Waals surface area contributed by atoms with Gasteiger partial charge >= 0.3 is 5.97 Å². The number of carbonyl (C=O) groups is 1. The number of thioether (sulfide) groups is 1. The molecule has 1 fully saturated rings. The molecule has 1 aliphatic rings. The van der Waals surface area contributed by atoms with Crippen molar-refractivity contribution in [3.8, 4) is 11.4 Å². The van der Waals surface area contributed by atoms with Gasteiger partial charge in [-0.1, -0.05) is 36.0 Å². The van der Waals surface area contributed by atoms with Crippen molar-refractivity contribution in [2.75, 3.05) is 6.61 Å². The topological polar surface area (TPSA) is 57.0 Å². The lowest BCUT2D eigenvalue weighted by atomic mass is 10.1. The Morgan fingerprint density at radius 2 is 2.15 bits per heavy atom. The summed E-state index contributed by atoms with van der Waals surface area (Å²) in [5.74, 6) is 0.660. The van der Waals surface area contributed by atoms with E-state index in [1.807, 2.05) is 42.8 Å². The van der Waals surface area contributed by atoms with Crippen LogP contribution in [0.15, 0.2) is 29.4 Å². The maximum Gasteiger partial charge on any atom is 0.319 e. The van der Waals surface area contributed by atoms with Crippen LogP contribution in [0.2, 0.25) is 0 Å². The molecule has 2 aromatic rings. The molecular weight excluding hydrogens is 274 g/mol. The molecule has 0 unspecified atom stereocenters. The monoisotopic (exact) mass is 289 g/mol. The summed E-state index contributed by atoms with van der Waals surface area (Å²) in [6.07, 6.45) is 0.732. The highest BCUT2D eigenvalue weighted by Gasteiger charge is 2.29. The van der Waals surface area contributed by atoms with E-state index in [2.05, 4.69) is 10.2 Å². The van der Waals surface area contributed by atoms with Gasteiger partial charge in [-0.2, -0.15) is 0 Å². The second-order valence-corrected chi connectivity index (χ2v) is 5.91. The van der Waals surface area contributed by atoms with E-state index in [0.29, 0.717) is 6.61 Å².